The lowest BCUT2D eigenvalue weighted by molar-refractivity contribution is -0.145. The highest BCUT2D eigenvalue weighted by atomic mass is 32.1. The number of amides is 2. The van der Waals surface area contributed by atoms with Crippen LogP contribution in [0.15, 0.2) is 60.7 Å². The third-order valence-corrected chi connectivity index (χ3v) is 5.77. The summed E-state index contributed by atoms with van der Waals surface area (Å²) < 4.78 is 10.2. The Morgan fingerprint density at radius 1 is 0.973 bits per heavy atom. The summed E-state index contributed by atoms with van der Waals surface area (Å²) in [6.07, 6.45) is 3.11. The Kier molecular flexibility index (Phi) is 11.9. The van der Waals surface area contributed by atoms with E-state index in [0.29, 0.717) is 11.3 Å². The molecule has 0 radical (unpaired) electrons. The molecule has 0 aromatic heterocycles. The number of thiol groups is 1. The fraction of sp³-hybridized carbons (Fsp3) is 0.333. The number of ether oxygens (including phenoxy) is 2. The first-order valence-electron chi connectivity index (χ1n) is 11.7. The number of hydrogen-bond acceptors (Lipinski definition) is 8. The maximum atomic E-state index is 12.9. The van der Waals surface area contributed by atoms with Crippen molar-refractivity contribution in [2.45, 2.75) is 38.4 Å². The Labute approximate surface area is 222 Å². The van der Waals surface area contributed by atoms with Gasteiger partial charge in [-0.3, -0.25) is 9.59 Å². The molecule has 3 atom stereocenters. The van der Waals surface area contributed by atoms with Gasteiger partial charge in [0, 0.05) is 18.2 Å². The Morgan fingerprint density at radius 3 is 2.19 bits per heavy atom. The second-order valence-corrected chi connectivity index (χ2v) is 8.98. The first-order valence-corrected chi connectivity index (χ1v) is 12.4. The molecule has 2 aromatic rings. The third-order valence-electron chi connectivity index (χ3n) is 5.38. The molecule has 2 rings (SSSR count). The molecular formula is C27H33N3O6S. The van der Waals surface area contributed by atoms with E-state index in [1.165, 1.54) is 13.2 Å². The minimum Gasteiger partial charge on any atom is -0.467 e. The van der Waals surface area contributed by atoms with E-state index in [2.05, 4.69) is 23.3 Å². The number of nitrogens with one attached hydrogen (secondary N) is 2. The van der Waals surface area contributed by atoms with Crippen LogP contribution in [0.4, 0.5) is 0 Å². The molecule has 0 saturated carbocycles. The SMILES string of the molecule is COC(=O)[C@H](Cc1ccc(OC(=O)/C=C/c2ccccc2)cc1)NC(=O)[C@@H](NC(=O)[C@@H](N)CS)C(C)C. The van der Waals surface area contributed by atoms with Gasteiger partial charge in [0.25, 0.3) is 0 Å². The van der Waals surface area contributed by atoms with E-state index in [0.717, 1.165) is 5.56 Å². The first kappa shape index (κ1) is 29.6. The van der Waals surface area contributed by atoms with Crippen LogP contribution in [-0.4, -0.2) is 54.7 Å². The van der Waals surface area contributed by atoms with Crippen molar-refractivity contribution in [2.75, 3.05) is 12.9 Å². The molecule has 0 aliphatic rings. The largest absolute Gasteiger partial charge is 0.467 e. The summed E-state index contributed by atoms with van der Waals surface area (Å²) in [5.74, 6) is -2.04. The third kappa shape index (κ3) is 9.74. The molecule has 10 heteroatoms. The van der Waals surface area contributed by atoms with E-state index in [1.807, 2.05) is 30.3 Å². The summed E-state index contributed by atoms with van der Waals surface area (Å²) in [5, 5.41) is 5.26. The number of hydrogen-bond donors (Lipinski definition) is 4. The van der Waals surface area contributed by atoms with Crippen LogP contribution in [0.1, 0.15) is 25.0 Å². The van der Waals surface area contributed by atoms with E-state index >= 15 is 0 Å². The van der Waals surface area contributed by atoms with Gasteiger partial charge in [-0.25, -0.2) is 9.59 Å². The topological polar surface area (TPSA) is 137 Å². The fourth-order valence-corrected chi connectivity index (χ4v) is 3.45. The second kappa shape index (κ2) is 14.8. The quantitative estimate of drug-likeness (QED) is 0.143. The Morgan fingerprint density at radius 2 is 1.62 bits per heavy atom. The number of rotatable bonds is 12. The standard InChI is InChI=1S/C27H33N3O6S/c1-17(2)24(30-25(32)21(28)16-37)26(33)29-22(27(34)35-3)15-19-9-12-20(13-10-19)36-23(31)14-11-18-7-5-4-6-8-18/h4-14,17,21-22,24,37H,15-16,28H2,1-3H3,(H,29,33)(H,30,32)/b14-11+/t21-,22-,24-/m0/s1. The van der Waals surface area contributed by atoms with Crippen LogP contribution < -0.4 is 21.1 Å². The molecule has 0 spiro atoms. The highest BCUT2D eigenvalue weighted by Crippen LogP contribution is 2.15. The van der Waals surface area contributed by atoms with Crippen LogP contribution in [0.2, 0.25) is 0 Å². The van der Waals surface area contributed by atoms with Crippen molar-refractivity contribution >= 4 is 42.5 Å². The van der Waals surface area contributed by atoms with Crippen LogP contribution in [0.5, 0.6) is 5.75 Å². The van der Waals surface area contributed by atoms with Crippen LogP contribution in [-0.2, 0) is 30.3 Å². The summed E-state index contributed by atoms with van der Waals surface area (Å²) in [7, 11) is 1.22. The zero-order valence-electron chi connectivity index (χ0n) is 21.0. The molecule has 0 heterocycles. The number of methoxy groups -OCH3 is 1. The van der Waals surface area contributed by atoms with Gasteiger partial charge in [0.2, 0.25) is 11.8 Å². The van der Waals surface area contributed by atoms with E-state index < -0.39 is 41.9 Å². The lowest BCUT2D eigenvalue weighted by Gasteiger charge is -2.25. The monoisotopic (exact) mass is 527 g/mol. The van der Waals surface area contributed by atoms with Gasteiger partial charge >= 0.3 is 11.9 Å². The molecule has 0 aliphatic heterocycles. The Balaban J connectivity index is 2.03. The minimum absolute atomic E-state index is 0.121. The van der Waals surface area contributed by atoms with Gasteiger partial charge in [0.05, 0.1) is 13.2 Å². The molecule has 0 saturated heterocycles. The average molecular weight is 528 g/mol. The lowest BCUT2D eigenvalue weighted by Crippen LogP contribution is -2.57. The van der Waals surface area contributed by atoms with Gasteiger partial charge in [-0.15, -0.1) is 0 Å². The molecule has 198 valence electrons. The molecule has 0 aliphatic carbocycles. The van der Waals surface area contributed by atoms with E-state index in [9.17, 15) is 19.2 Å². The summed E-state index contributed by atoms with van der Waals surface area (Å²) in [6.45, 7) is 3.53. The van der Waals surface area contributed by atoms with Crippen molar-refractivity contribution in [1.82, 2.24) is 10.6 Å². The predicted molar refractivity (Wildman–Crippen MR) is 144 cm³/mol. The molecule has 2 amide bonds. The molecule has 0 bridgehead atoms. The Hall–Kier alpha value is -3.63. The van der Waals surface area contributed by atoms with Gasteiger partial charge in [0.1, 0.15) is 17.8 Å². The average Bonchev–Trinajstić information content (AvgIpc) is 2.90. The van der Waals surface area contributed by atoms with Crippen molar-refractivity contribution in [2.24, 2.45) is 11.7 Å². The zero-order chi connectivity index (χ0) is 27.4. The molecule has 9 nitrogen and oxygen atoms in total. The number of nitrogens with two attached hydrogens (primary N) is 1. The van der Waals surface area contributed by atoms with Crippen molar-refractivity contribution in [3.05, 3.63) is 71.8 Å². The second-order valence-electron chi connectivity index (χ2n) is 8.62. The summed E-state index contributed by atoms with van der Waals surface area (Å²) in [5.41, 5.74) is 7.26. The fourth-order valence-electron chi connectivity index (χ4n) is 3.28. The number of esters is 2. The van der Waals surface area contributed by atoms with Gasteiger partial charge in [-0.1, -0.05) is 56.3 Å². The maximum Gasteiger partial charge on any atom is 0.336 e. The van der Waals surface area contributed by atoms with Crippen molar-refractivity contribution in [3.8, 4) is 5.75 Å². The zero-order valence-corrected chi connectivity index (χ0v) is 21.9. The molecule has 37 heavy (non-hydrogen) atoms. The maximum absolute atomic E-state index is 12.9. The molecule has 2 aromatic carbocycles. The van der Waals surface area contributed by atoms with Gasteiger partial charge in [-0.05, 0) is 35.3 Å². The predicted octanol–water partition coefficient (Wildman–Crippen LogP) is 1.90. The molecule has 0 fully saturated rings. The lowest BCUT2D eigenvalue weighted by atomic mass is 10.0. The van der Waals surface area contributed by atoms with Crippen LogP contribution in [0.3, 0.4) is 0 Å². The summed E-state index contributed by atoms with van der Waals surface area (Å²) >= 11 is 4.00. The highest BCUT2D eigenvalue weighted by Gasteiger charge is 2.30. The van der Waals surface area contributed by atoms with Crippen LogP contribution in [0, 0.1) is 5.92 Å². The molecular weight excluding hydrogens is 494 g/mol. The van der Waals surface area contributed by atoms with Crippen LogP contribution in [0.25, 0.3) is 6.08 Å². The van der Waals surface area contributed by atoms with E-state index in [-0.39, 0.29) is 18.1 Å². The van der Waals surface area contributed by atoms with E-state index in [4.69, 9.17) is 15.2 Å². The van der Waals surface area contributed by atoms with Gasteiger partial charge < -0.3 is 25.8 Å². The highest BCUT2D eigenvalue weighted by molar-refractivity contribution is 7.80. The van der Waals surface area contributed by atoms with Gasteiger partial charge in [-0.2, -0.15) is 12.6 Å². The molecule has 0 unspecified atom stereocenters. The van der Waals surface area contributed by atoms with Crippen LogP contribution >= 0.6 is 12.6 Å². The minimum atomic E-state index is -1.00. The molecule has 4 N–H and O–H groups in total. The summed E-state index contributed by atoms with van der Waals surface area (Å²) in [4.78, 5) is 49.6. The van der Waals surface area contributed by atoms with Crippen molar-refractivity contribution in [3.63, 3.8) is 0 Å². The number of benzene rings is 2. The van der Waals surface area contributed by atoms with Crippen molar-refractivity contribution < 1.29 is 28.7 Å². The smallest absolute Gasteiger partial charge is 0.336 e. The Bertz CT molecular complexity index is 1090. The summed E-state index contributed by atoms with van der Waals surface area (Å²) in [6, 6.07) is 13.1. The first-order chi connectivity index (χ1) is 17.6. The normalized spacial score (nSPS) is 13.5. The van der Waals surface area contributed by atoms with Gasteiger partial charge in [0.15, 0.2) is 0 Å². The number of carbonyl (C=O) groups is 4. The van der Waals surface area contributed by atoms with E-state index in [1.54, 1.807) is 44.2 Å². The number of carbonyl (C=O) groups excluding carboxylic acids is 4. The van der Waals surface area contributed by atoms with Crippen molar-refractivity contribution in [1.29, 1.82) is 0 Å².